The third-order valence-corrected chi connectivity index (χ3v) is 5.90. The Hall–Kier alpha value is -3.74. The molecule has 3 aromatic carbocycles. The number of amidine groups is 1. The number of fused-ring (bicyclic) bond motifs is 1. The number of nitrogens with two attached hydrogens (primary N) is 1. The first-order chi connectivity index (χ1) is 16.9. The maximum Gasteiger partial charge on any atom is 0.251 e. The topological polar surface area (TPSA) is 87.8 Å². The van der Waals surface area contributed by atoms with Crippen LogP contribution in [0.3, 0.4) is 0 Å². The molecule has 1 amide bonds. The van der Waals surface area contributed by atoms with Crippen molar-refractivity contribution in [3.05, 3.63) is 77.9 Å². The van der Waals surface area contributed by atoms with E-state index in [9.17, 15) is 14.0 Å². The van der Waals surface area contributed by atoms with Crippen LogP contribution in [-0.4, -0.2) is 50.9 Å². The Morgan fingerprint density at radius 2 is 1.74 bits per heavy atom. The third-order valence-electron chi connectivity index (χ3n) is 5.90. The van der Waals surface area contributed by atoms with Crippen LogP contribution in [-0.2, 0) is 11.2 Å². The number of ketones is 1. The molecule has 0 aliphatic carbocycles. The third kappa shape index (κ3) is 7.64. The van der Waals surface area contributed by atoms with E-state index in [-0.39, 0.29) is 17.5 Å². The zero-order valence-corrected chi connectivity index (χ0v) is 20.3. The second-order valence-electron chi connectivity index (χ2n) is 8.77. The molecule has 0 saturated carbocycles. The van der Waals surface area contributed by atoms with Crippen molar-refractivity contribution in [2.75, 3.05) is 32.2 Å². The van der Waals surface area contributed by atoms with Crippen molar-refractivity contribution in [1.82, 2.24) is 5.32 Å². The van der Waals surface area contributed by atoms with Crippen molar-refractivity contribution in [2.45, 2.75) is 31.7 Å². The molecule has 3 rings (SSSR count). The molecule has 0 bridgehead atoms. The number of rotatable bonds is 12. The van der Waals surface area contributed by atoms with Gasteiger partial charge in [0.2, 0.25) is 0 Å². The van der Waals surface area contributed by atoms with Crippen molar-refractivity contribution in [2.24, 2.45) is 10.7 Å². The summed E-state index contributed by atoms with van der Waals surface area (Å²) < 4.78 is 12.5. The standard InChI is InChI=1S/C28H33FN4O2/c1-33(2)24-14-13-21-17-23(12-11-22(21)18-24)28(35)32-25(9-6-16-31-27(30)19-29)26(34)15-10-20-7-4-3-5-8-20/h3-5,7-8,11-14,17-18,25H,6,9-10,15-16,19H2,1-2H3,(H2,30,31)(H,32,35)/t25-/m0/s1. The number of carbonyl (C=O) groups is 2. The molecule has 3 aromatic rings. The molecule has 0 saturated heterocycles. The van der Waals surface area contributed by atoms with E-state index >= 15 is 0 Å². The van der Waals surface area contributed by atoms with E-state index < -0.39 is 12.7 Å². The van der Waals surface area contributed by atoms with Gasteiger partial charge in [0.15, 0.2) is 5.78 Å². The van der Waals surface area contributed by atoms with Crippen LogP contribution in [0.25, 0.3) is 10.8 Å². The molecule has 184 valence electrons. The highest BCUT2D eigenvalue weighted by atomic mass is 19.1. The van der Waals surface area contributed by atoms with E-state index in [1.54, 1.807) is 6.07 Å². The highest BCUT2D eigenvalue weighted by Crippen LogP contribution is 2.22. The Morgan fingerprint density at radius 3 is 2.46 bits per heavy atom. The summed E-state index contributed by atoms with van der Waals surface area (Å²) in [4.78, 5) is 32.1. The zero-order chi connectivity index (χ0) is 25.2. The first kappa shape index (κ1) is 25.9. The van der Waals surface area contributed by atoms with Crippen molar-refractivity contribution >= 4 is 34.0 Å². The Morgan fingerprint density at radius 1 is 1.03 bits per heavy atom. The van der Waals surface area contributed by atoms with Gasteiger partial charge in [0.25, 0.3) is 5.91 Å². The van der Waals surface area contributed by atoms with Crippen LogP contribution in [0.5, 0.6) is 0 Å². The fourth-order valence-corrected chi connectivity index (χ4v) is 3.85. The number of Topliss-reactive ketones (excluding diaryl/α,β-unsaturated/α-hetero) is 1. The molecular formula is C28H33FN4O2. The predicted octanol–water partition coefficient (Wildman–Crippen LogP) is 4.31. The minimum Gasteiger partial charge on any atom is -0.385 e. The van der Waals surface area contributed by atoms with Gasteiger partial charge in [-0.15, -0.1) is 0 Å². The van der Waals surface area contributed by atoms with Gasteiger partial charge in [-0.2, -0.15) is 0 Å². The van der Waals surface area contributed by atoms with E-state index in [0.29, 0.717) is 37.8 Å². The summed E-state index contributed by atoms with van der Waals surface area (Å²) in [6, 6.07) is 20.7. The number of hydrogen-bond acceptors (Lipinski definition) is 4. The lowest BCUT2D eigenvalue weighted by atomic mass is 9.99. The first-order valence-electron chi connectivity index (χ1n) is 11.8. The van der Waals surface area contributed by atoms with Gasteiger partial charge in [-0.25, -0.2) is 4.39 Å². The van der Waals surface area contributed by atoms with Crippen LogP contribution in [0.1, 0.15) is 35.2 Å². The van der Waals surface area contributed by atoms with Gasteiger partial charge in [-0.1, -0.05) is 42.5 Å². The van der Waals surface area contributed by atoms with Crippen molar-refractivity contribution in [1.29, 1.82) is 0 Å². The molecule has 6 nitrogen and oxygen atoms in total. The molecule has 7 heteroatoms. The number of aryl methyl sites for hydroxylation is 1. The second kappa shape index (κ2) is 12.6. The minimum absolute atomic E-state index is 0.0407. The summed E-state index contributed by atoms with van der Waals surface area (Å²) in [6.45, 7) is -0.494. The molecule has 0 aliphatic rings. The van der Waals surface area contributed by atoms with Crippen LogP contribution in [0.4, 0.5) is 10.1 Å². The summed E-state index contributed by atoms with van der Waals surface area (Å²) >= 11 is 0. The van der Waals surface area contributed by atoms with Crippen LogP contribution >= 0.6 is 0 Å². The molecule has 0 unspecified atom stereocenters. The Balaban J connectivity index is 1.71. The Bertz CT molecular complexity index is 1180. The molecule has 0 fully saturated rings. The number of anilines is 1. The Labute approximate surface area is 206 Å². The number of benzene rings is 3. The zero-order valence-electron chi connectivity index (χ0n) is 20.3. The smallest absolute Gasteiger partial charge is 0.251 e. The fourth-order valence-electron chi connectivity index (χ4n) is 3.85. The molecule has 1 atom stereocenters. The van der Waals surface area contributed by atoms with E-state index in [2.05, 4.69) is 16.4 Å². The number of amides is 1. The summed E-state index contributed by atoms with van der Waals surface area (Å²) in [5.74, 6) is -0.399. The summed E-state index contributed by atoms with van der Waals surface area (Å²) in [7, 11) is 3.96. The average Bonchev–Trinajstić information content (AvgIpc) is 2.88. The van der Waals surface area contributed by atoms with Gasteiger partial charge in [0.05, 0.1) is 6.04 Å². The van der Waals surface area contributed by atoms with Gasteiger partial charge in [0, 0.05) is 38.3 Å². The van der Waals surface area contributed by atoms with Gasteiger partial charge in [0.1, 0.15) is 12.5 Å². The lowest BCUT2D eigenvalue weighted by Gasteiger charge is -2.18. The SMILES string of the molecule is CN(C)c1ccc2cc(C(=O)N[C@@H](CCCN=C(N)CF)C(=O)CCc3ccccc3)ccc2c1. The largest absolute Gasteiger partial charge is 0.385 e. The maximum absolute atomic E-state index is 13.1. The molecule has 0 aliphatic heterocycles. The molecule has 3 N–H and O–H groups in total. The average molecular weight is 477 g/mol. The van der Waals surface area contributed by atoms with E-state index in [1.807, 2.05) is 73.6 Å². The monoisotopic (exact) mass is 476 g/mol. The van der Waals surface area contributed by atoms with Crippen LogP contribution in [0, 0.1) is 0 Å². The fraction of sp³-hybridized carbons (Fsp3) is 0.321. The number of halogens is 1. The molecule has 0 aromatic heterocycles. The Kier molecular flexibility index (Phi) is 9.35. The number of hydrogen-bond donors (Lipinski definition) is 2. The minimum atomic E-state index is -0.797. The van der Waals surface area contributed by atoms with Crippen molar-refractivity contribution in [3.63, 3.8) is 0 Å². The van der Waals surface area contributed by atoms with Crippen LogP contribution in [0.2, 0.25) is 0 Å². The van der Waals surface area contributed by atoms with E-state index in [4.69, 9.17) is 5.73 Å². The number of nitrogens with one attached hydrogen (secondary N) is 1. The van der Waals surface area contributed by atoms with Gasteiger partial charge >= 0.3 is 0 Å². The molecular weight excluding hydrogens is 443 g/mol. The summed E-state index contributed by atoms with van der Waals surface area (Å²) in [5.41, 5.74) is 8.07. The van der Waals surface area contributed by atoms with Crippen LogP contribution in [0.15, 0.2) is 71.7 Å². The number of carbonyl (C=O) groups excluding carboxylic acids is 2. The van der Waals surface area contributed by atoms with Crippen molar-refractivity contribution in [3.8, 4) is 0 Å². The van der Waals surface area contributed by atoms with Crippen molar-refractivity contribution < 1.29 is 14.0 Å². The van der Waals surface area contributed by atoms with Gasteiger partial charge in [-0.3, -0.25) is 14.6 Å². The molecule has 0 radical (unpaired) electrons. The van der Waals surface area contributed by atoms with Crippen LogP contribution < -0.4 is 16.0 Å². The second-order valence-corrected chi connectivity index (χ2v) is 8.77. The highest BCUT2D eigenvalue weighted by Gasteiger charge is 2.21. The van der Waals surface area contributed by atoms with Gasteiger partial charge < -0.3 is 16.0 Å². The lowest BCUT2D eigenvalue weighted by molar-refractivity contribution is -0.121. The normalized spacial score (nSPS) is 12.4. The highest BCUT2D eigenvalue weighted by molar-refractivity contribution is 6.01. The summed E-state index contributed by atoms with van der Waals surface area (Å²) in [5, 5.41) is 4.90. The first-order valence-corrected chi connectivity index (χ1v) is 11.8. The summed E-state index contributed by atoms with van der Waals surface area (Å²) in [6.07, 6.45) is 1.83. The molecule has 0 spiro atoms. The maximum atomic E-state index is 13.1. The van der Waals surface area contributed by atoms with E-state index in [1.165, 1.54) is 0 Å². The lowest BCUT2D eigenvalue weighted by Crippen LogP contribution is -2.41. The molecule has 35 heavy (non-hydrogen) atoms. The quantitative estimate of drug-likeness (QED) is 0.232. The number of aliphatic imine (C=N–C) groups is 1. The van der Waals surface area contributed by atoms with Gasteiger partial charge in [-0.05, 0) is 59.9 Å². The number of nitrogens with zero attached hydrogens (tertiary/aromatic N) is 2. The number of alkyl halides is 1. The predicted molar refractivity (Wildman–Crippen MR) is 141 cm³/mol. The van der Waals surface area contributed by atoms with E-state index in [0.717, 1.165) is 22.0 Å². The molecule has 0 heterocycles.